The van der Waals surface area contributed by atoms with Gasteiger partial charge in [0.15, 0.2) is 0 Å². The number of carbonyl (C=O) groups excluding carboxylic acids is 1. The molecule has 0 spiro atoms. The summed E-state index contributed by atoms with van der Waals surface area (Å²) in [5.41, 5.74) is 1.74. The van der Waals surface area contributed by atoms with Crippen LogP contribution >= 0.6 is 23.5 Å². The van der Waals surface area contributed by atoms with Crippen molar-refractivity contribution in [2.24, 2.45) is 0 Å². The fraction of sp³-hybridized carbons (Fsp3) is 0.111. The fourth-order valence-corrected chi connectivity index (χ4v) is 3.26. The number of nitrogens with zero attached hydrogens (tertiary/aromatic N) is 3. The minimum absolute atomic E-state index is 0.0625. The van der Waals surface area contributed by atoms with Crippen LogP contribution in [0.4, 0.5) is 10.1 Å². The number of carbonyl (C=O) groups is 1. The largest absolute Gasteiger partial charge is 0.411 e. The van der Waals surface area contributed by atoms with Crippen molar-refractivity contribution in [2.45, 2.75) is 17.0 Å². The summed E-state index contributed by atoms with van der Waals surface area (Å²) < 4.78 is 19.1. The van der Waals surface area contributed by atoms with Crippen molar-refractivity contribution < 1.29 is 13.6 Å². The standard InChI is InChI=1S/C18H13FN4O2S2/c1-11-8-12(27-10-20)6-7-15(11)21-16(24)9-26-18-23-22-17(25-18)13-4-2-3-5-14(13)19/h2-8H,9H2,1H3,(H,21,24). The first-order valence-electron chi connectivity index (χ1n) is 7.74. The smallest absolute Gasteiger partial charge is 0.277 e. The molecule has 0 bridgehead atoms. The zero-order chi connectivity index (χ0) is 19.2. The van der Waals surface area contributed by atoms with Gasteiger partial charge in [-0.05, 0) is 54.6 Å². The Labute approximate surface area is 163 Å². The van der Waals surface area contributed by atoms with Gasteiger partial charge in [0, 0.05) is 10.6 Å². The zero-order valence-corrected chi connectivity index (χ0v) is 15.7. The van der Waals surface area contributed by atoms with E-state index in [-0.39, 0.29) is 28.3 Å². The van der Waals surface area contributed by atoms with Gasteiger partial charge in [-0.15, -0.1) is 10.2 Å². The third-order valence-corrected chi connectivity index (χ3v) is 4.87. The molecule has 0 fully saturated rings. The molecule has 1 N–H and O–H groups in total. The molecule has 3 aromatic rings. The molecule has 27 heavy (non-hydrogen) atoms. The molecule has 0 unspecified atom stereocenters. The molecule has 0 aliphatic rings. The average molecular weight is 400 g/mol. The van der Waals surface area contributed by atoms with E-state index >= 15 is 0 Å². The number of hydrogen-bond acceptors (Lipinski definition) is 7. The van der Waals surface area contributed by atoms with E-state index in [0.29, 0.717) is 5.69 Å². The molecule has 0 atom stereocenters. The number of aryl methyl sites for hydroxylation is 1. The molecule has 6 nitrogen and oxygen atoms in total. The fourth-order valence-electron chi connectivity index (χ4n) is 2.22. The van der Waals surface area contributed by atoms with Crippen LogP contribution in [0.3, 0.4) is 0 Å². The quantitative estimate of drug-likeness (QED) is 0.481. The molecule has 136 valence electrons. The first-order valence-corrected chi connectivity index (χ1v) is 9.54. The van der Waals surface area contributed by atoms with Gasteiger partial charge in [0.25, 0.3) is 11.1 Å². The van der Waals surface area contributed by atoms with E-state index in [0.717, 1.165) is 34.0 Å². The molecule has 0 radical (unpaired) electrons. The van der Waals surface area contributed by atoms with Gasteiger partial charge in [-0.2, -0.15) is 5.26 Å². The summed E-state index contributed by atoms with van der Waals surface area (Å²) in [5, 5.41) is 21.3. The van der Waals surface area contributed by atoms with Gasteiger partial charge >= 0.3 is 0 Å². The minimum Gasteiger partial charge on any atom is -0.411 e. The molecule has 0 aliphatic carbocycles. The summed E-state index contributed by atoms with van der Waals surface area (Å²) in [4.78, 5) is 13.0. The average Bonchev–Trinajstić information content (AvgIpc) is 3.12. The van der Waals surface area contributed by atoms with Crippen LogP contribution in [0.25, 0.3) is 11.5 Å². The predicted molar refractivity (Wildman–Crippen MR) is 102 cm³/mol. The molecular formula is C18H13FN4O2S2. The van der Waals surface area contributed by atoms with Crippen molar-refractivity contribution in [3.8, 4) is 16.9 Å². The number of rotatable bonds is 6. The van der Waals surface area contributed by atoms with Crippen molar-refractivity contribution in [1.82, 2.24) is 10.2 Å². The Morgan fingerprint density at radius 1 is 1.30 bits per heavy atom. The summed E-state index contributed by atoms with van der Waals surface area (Å²) in [6.07, 6.45) is 0. The van der Waals surface area contributed by atoms with Gasteiger partial charge in [-0.1, -0.05) is 23.9 Å². The molecule has 1 aromatic heterocycles. The lowest BCUT2D eigenvalue weighted by Crippen LogP contribution is -2.14. The van der Waals surface area contributed by atoms with Crippen LogP contribution in [-0.2, 0) is 4.79 Å². The summed E-state index contributed by atoms with van der Waals surface area (Å²) in [5.74, 6) is -0.566. The number of hydrogen-bond donors (Lipinski definition) is 1. The van der Waals surface area contributed by atoms with Crippen LogP contribution in [0.2, 0.25) is 0 Å². The van der Waals surface area contributed by atoms with Crippen molar-refractivity contribution in [3.05, 3.63) is 53.8 Å². The van der Waals surface area contributed by atoms with Crippen LogP contribution in [-0.4, -0.2) is 21.9 Å². The van der Waals surface area contributed by atoms with E-state index in [1.165, 1.54) is 6.07 Å². The molecule has 3 rings (SSSR count). The highest BCUT2D eigenvalue weighted by molar-refractivity contribution is 8.03. The van der Waals surface area contributed by atoms with E-state index in [1.54, 1.807) is 30.3 Å². The number of thiocyanates is 1. The highest BCUT2D eigenvalue weighted by Gasteiger charge is 2.14. The Kier molecular flexibility index (Phi) is 6.11. The summed E-state index contributed by atoms with van der Waals surface area (Å²) >= 11 is 2.12. The topological polar surface area (TPSA) is 91.8 Å². The maximum atomic E-state index is 13.7. The van der Waals surface area contributed by atoms with E-state index in [1.807, 2.05) is 18.4 Å². The van der Waals surface area contributed by atoms with Gasteiger partial charge < -0.3 is 9.73 Å². The second kappa shape index (κ2) is 8.70. The van der Waals surface area contributed by atoms with Crippen molar-refractivity contribution in [3.63, 3.8) is 0 Å². The third-order valence-electron chi connectivity index (χ3n) is 3.47. The van der Waals surface area contributed by atoms with Crippen LogP contribution < -0.4 is 5.32 Å². The van der Waals surface area contributed by atoms with E-state index < -0.39 is 5.82 Å². The monoisotopic (exact) mass is 400 g/mol. The SMILES string of the molecule is Cc1cc(SC#N)ccc1NC(=O)CSc1nnc(-c2ccccc2F)o1. The lowest BCUT2D eigenvalue weighted by atomic mass is 10.2. The van der Waals surface area contributed by atoms with Crippen molar-refractivity contribution in [2.75, 3.05) is 11.1 Å². The van der Waals surface area contributed by atoms with Gasteiger partial charge in [-0.3, -0.25) is 4.79 Å². The number of benzene rings is 2. The van der Waals surface area contributed by atoms with E-state index in [4.69, 9.17) is 9.68 Å². The van der Waals surface area contributed by atoms with Crippen LogP contribution in [0.15, 0.2) is 57.0 Å². The van der Waals surface area contributed by atoms with Crippen molar-refractivity contribution >= 4 is 35.1 Å². The highest BCUT2D eigenvalue weighted by atomic mass is 32.2. The van der Waals surface area contributed by atoms with E-state index in [2.05, 4.69) is 15.5 Å². The predicted octanol–water partition coefficient (Wildman–Crippen LogP) is 4.49. The van der Waals surface area contributed by atoms with Crippen LogP contribution in [0.1, 0.15) is 5.56 Å². The number of nitrogens with one attached hydrogen (secondary N) is 1. The number of aromatic nitrogens is 2. The Bertz CT molecular complexity index is 1020. The normalized spacial score (nSPS) is 10.4. The number of halogens is 1. The number of amides is 1. The maximum Gasteiger partial charge on any atom is 0.277 e. The Hall–Kier alpha value is -2.83. The van der Waals surface area contributed by atoms with Gasteiger partial charge in [0.1, 0.15) is 11.2 Å². The Morgan fingerprint density at radius 3 is 2.85 bits per heavy atom. The molecule has 0 aliphatic heterocycles. The Balaban J connectivity index is 1.59. The molecule has 0 saturated heterocycles. The second-order valence-electron chi connectivity index (χ2n) is 5.36. The van der Waals surface area contributed by atoms with Gasteiger partial charge in [-0.25, -0.2) is 4.39 Å². The van der Waals surface area contributed by atoms with Crippen LogP contribution in [0, 0.1) is 23.4 Å². The lowest BCUT2D eigenvalue weighted by molar-refractivity contribution is -0.113. The van der Waals surface area contributed by atoms with Gasteiger partial charge in [0.05, 0.1) is 11.3 Å². The number of anilines is 1. The number of nitriles is 1. The zero-order valence-electron chi connectivity index (χ0n) is 14.1. The minimum atomic E-state index is -0.455. The van der Waals surface area contributed by atoms with Crippen LogP contribution in [0.5, 0.6) is 0 Å². The number of thioether (sulfide) groups is 2. The third kappa shape index (κ3) is 4.87. The Morgan fingerprint density at radius 2 is 2.11 bits per heavy atom. The molecule has 9 heteroatoms. The summed E-state index contributed by atoms with van der Waals surface area (Å²) in [7, 11) is 0. The van der Waals surface area contributed by atoms with E-state index in [9.17, 15) is 9.18 Å². The maximum absolute atomic E-state index is 13.7. The molecular weight excluding hydrogens is 387 g/mol. The molecule has 0 saturated carbocycles. The first-order chi connectivity index (χ1) is 13.1. The summed E-state index contributed by atoms with van der Waals surface area (Å²) in [6.45, 7) is 1.85. The molecule has 2 aromatic carbocycles. The summed E-state index contributed by atoms with van der Waals surface area (Å²) in [6, 6.07) is 11.4. The highest BCUT2D eigenvalue weighted by Crippen LogP contribution is 2.26. The second-order valence-corrected chi connectivity index (χ2v) is 7.14. The first kappa shape index (κ1) is 18.9. The van der Waals surface area contributed by atoms with Crippen molar-refractivity contribution in [1.29, 1.82) is 5.26 Å². The lowest BCUT2D eigenvalue weighted by Gasteiger charge is -2.08. The molecule has 1 amide bonds. The van der Waals surface area contributed by atoms with Gasteiger partial charge in [0.2, 0.25) is 5.91 Å². The molecule has 1 heterocycles.